The third kappa shape index (κ3) is 3.95. The zero-order valence-electron chi connectivity index (χ0n) is 22.0. The zero-order valence-corrected chi connectivity index (χ0v) is 22.0. The second-order valence-corrected chi connectivity index (χ2v) is 9.95. The number of hydrogen-bond donors (Lipinski definition) is 0. The molecule has 0 saturated carbocycles. The van der Waals surface area contributed by atoms with Crippen molar-refractivity contribution in [1.82, 2.24) is 19.9 Å². The molecule has 0 aliphatic carbocycles. The van der Waals surface area contributed by atoms with Crippen LogP contribution in [0.5, 0.6) is 0 Å². The summed E-state index contributed by atoms with van der Waals surface area (Å²) in [5.41, 5.74) is 8.72. The molecule has 192 valence electrons. The van der Waals surface area contributed by atoms with Crippen LogP contribution in [0.2, 0.25) is 0 Å². The minimum atomic E-state index is 0.674. The third-order valence-electron chi connectivity index (χ3n) is 7.42. The maximum Gasteiger partial charge on any atom is 0.162 e. The van der Waals surface area contributed by atoms with Crippen LogP contribution in [0.15, 0.2) is 140 Å². The van der Waals surface area contributed by atoms with Crippen molar-refractivity contribution < 1.29 is 0 Å². The molecule has 0 atom stereocenters. The number of para-hydroxylation sites is 1. The maximum atomic E-state index is 5.15. The van der Waals surface area contributed by atoms with Gasteiger partial charge in [-0.05, 0) is 18.2 Å². The fourth-order valence-electron chi connectivity index (χ4n) is 5.53. The quantitative estimate of drug-likeness (QED) is 0.230. The highest BCUT2D eigenvalue weighted by Gasteiger charge is 2.29. The van der Waals surface area contributed by atoms with Gasteiger partial charge in [-0.2, -0.15) is 0 Å². The van der Waals surface area contributed by atoms with E-state index >= 15 is 0 Å². The molecule has 0 bridgehead atoms. The third-order valence-corrected chi connectivity index (χ3v) is 7.42. The molecule has 2 aromatic heterocycles. The van der Waals surface area contributed by atoms with Gasteiger partial charge in [0.1, 0.15) is 5.82 Å². The number of aromatic nitrogens is 4. The first-order valence-electron chi connectivity index (χ1n) is 13.6. The molecular weight excluding hydrogens is 502 g/mol. The molecule has 5 nitrogen and oxygen atoms in total. The van der Waals surface area contributed by atoms with Crippen LogP contribution in [0.3, 0.4) is 0 Å². The Hall–Kier alpha value is -5.68. The average Bonchev–Trinajstić information content (AvgIpc) is 3.06. The molecule has 0 fully saturated rings. The molecule has 1 aliphatic rings. The number of fused-ring (bicyclic) bond motifs is 2. The van der Waals surface area contributed by atoms with Gasteiger partial charge in [-0.25, -0.2) is 19.9 Å². The fourth-order valence-corrected chi connectivity index (χ4v) is 5.53. The van der Waals surface area contributed by atoms with E-state index in [1.165, 1.54) is 0 Å². The summed E-state index contributed by atoms with van der Waals surface area (Å²) in [4.78, 5) is 22.5. The molecule has 5 aromatic carbocycles. The van der Waals surface area contributed by atoms with E-state index in [1.807, 2.05) is 66.7 Å². The van der Waals surface area contributed by atoms with Gasteiger partial charge in [0.2, 0.25) is 0 Å². The highest BCUT2D eigenvalue weighted by molar-refractivity contribution is 6.11. The molecule has 3 heterocycles. The Kier molecular flexibility index (Phi) is 5.38. The van der Waals surface area contributed by atoms with Crippen molar-refractivity contribution in [2.24, 2.45) is 0 Å². The smallest absolute Gasteiger partial charge is 0.162 e. The Morgan fingerprint density at radius 3 is 1.73 bits per heavy atom. The van der Waals surface area contributed by atoms with E-state index in [2.05, 4.69) is 77.7 Å². The van der Waals surface area contributed by atoms with Crippen LogP contribution in [-0.4, -0.2) is 19.9 Å². The largest absolute Gasteiger partial charge is 0.293 e. The number of benzene rings is 5. The molecular formula is C36H23N5. The Labute approximate surface area is 237 Å². The summed E-state index contributed by atoms with van der Waals surface area (Å²) >= 11 is 0. The molecule has 1 aliphatic heterocycles. The van der Waals surface area contributed by atoms with Gasteiger partial charge in [0.15, 0.2) is 11.6 Å². The van der Waals surface area contributed by atoms with Crippen LogP contribution in [0.4, 0.5) is 17.2 Å². The first kappa shape index (κ1) is 23.2. The van der Waals surface area contributed by atoms with Crippen molar-refractivity contribution in [2.45, 2.75) is 0 Å². The molecule has 0 amide bonds. The molecule has 41 heavy (non-hydrogen) atoms. The van der Waals surface area contributed by atoms with Gasteiger partial charge >= 0.3 is 0 Å². The Morgan fingerprint density at radius 2 is 1.02 bits per heavy atom. The zero-order chi connectivity index (χ0) is 27.2. The second-order valence-electron chi connectivity index (χ2n) is 9.95. The van der Waals surface area contributed by atoms with E-state index in [0.717, 1.165) is 61.7 Å². The van der Waals surface area contributed by atoms with Crippen molar-refractivity contribution in [3.63, 3.8) is 0 Å². The van der Waals surface area contributed by atoms with Crippen LogP contribution >= 0.6 is 0 Å². The Morgan fingerprint density at radius 1 is 0.439 bits per heavy atom. The summed E-state index contributed by atoms with van der Waals surface area (Å²) in [5, 5.41) is 1.01. The highest BCUT2D eigenvalue weighted by atomic mass is 15.2. The highest BCUT2D eigenvalue weighted by Crippen LogP contribution is 2.50. The Bertz CT molecular complexity index is 1980. The van der Waals surface area contributed by atoms with Gasteiger partial charge in [-0.1, -0.05) is 115 Å². The number of rotatable bonds is 4. The van der Waals surface area contributed by atoms with Gasteiger partial charge in [-0.15, -0.1) is 0 Å². The molecule has 0 radical (unpaired) electrons. The van der Waals surface area contributed by atoms with Gasteiger partial charge < -0.3 is 0 Å². The van der Waals surface area contributed by atoms with Crippen LogP contribution < -0.4 is 4.90 Å². The van der Waals surface area contributed by atoms with E-state index in [0.29, 0.717) is 11.6 Å². The lowest BCUT2D eigenvalue weighted by molar-refractivity contribution is 1.12. The van der Waals surface area contributed by atoms with Gasteiger partial charge in [0, 0.05) is 28.3 Å². The van der Waals surface area contributed by atoms with Crippen LogP contribution in [0, 0.1) is 0 Å². The van der Waals surface area contributed by atoms with Crippen molar-refractivity contribution in [3.05, 3.63) is 140 Å². The lowest BCUT2D eigenvalue weighted by Crippen LogP contribution is -2.18. The van der Waals surface area contributed by atoms with Gasteiger partial charge in [-0.3, -0.25) is 4.90 Å². The van der Waals surface area contributed by atoms with Gasteiger partial charge in [0.25, 0.3) is 0 Å². The van der Waals surface area contributed by atoms with E-state index in [9.17, 15) is 0 Å². The summed E-state index contributed by atoms with van der Waals surface area (Å²) in [5.74, 6) is 2.18. The predicted molar refractivity (Wildman–Crippen MR) is 165 cm³/mol. The first-order valence-corrected chi connectivity index (χ1v) is 13.6. The van der Waals surface area contributed by atoms with Crippen molar-refractivity contribution in [3.8, 4) is 45.3 Å². The molecule has 5 heteroatoms. The lowest BCUT2D eigenvalue weighted by Gasteiger charge is -2.32. The number of nitrogens with zero attached hydrogens (tertiary/aromatic N) is 5. The van der Waals surface area contributed by atoms with Crippen molar-refractivity contribution >= 4 is 28.1 Å². The maximum absolute atomic E-state index is 5.15. The molecule has 0 N–H and O–H groups in total. The van der Waals surface area contributed by atoms with E-state index < -0.39 is 0 Å². The number of anilines is 3. The summed E-state index contributed by atoms with van der Waals surface area (Å²) in [6, 6.07) is 47.2. The topological polar surface area (TPSA) is 54.8 Å². The summed E-state index contributed by atoms with van der Waals surface area (Å²) < 4.78 is 0. The molecule has 0 unspecified atom stereocenters. The second kappa shape index (κ2) is 9.50. The minimum absolute atomic E-state index is 0.674. The Balaban J connectivity index is 1.41. The van der Waals surface area contributed by atoms with E-state index in [1.54, 1.807) is 0 Å². The van der Waals surface area contributed by atoms with E-state index in [4.69, 9.17) is 19.9 Å². The lowest BCUT2D eigenvalue weighted by atomic mass is 9.96. The van der Waals surface area contributed by atoms with E-state index in [-0.39, 0.29) is 0 Å². The predicted octanol–water partition coefficient (Wildman–Crippen LogP) is 8.87. The SMILES string of the molecule is c1ccc(-c2cc(N3c4ccccc4-c4nc(-c5ccccc5)nc5cccc3c45)nc(-c3ccccc3)n2)cc1. The van der Waals surface area contributed by atoms with Crippen molar-refractivity contribution in [1.29, 1.82) is 0 Å². The standard InChI is InChI=1S/C36H23N5/c1-4-13-24(14-5-1)29-23-32(39-35(38-29)25-15-6-2-7-16-25)41-30-21-11-10-19-27(30)34-33-28(20-12-22-31(33)41)37-36(40-34)26-17-8-3-9-18-26/h1-23H. The van der Waals surface area contributed by atoms with Crippen LogP contribution in [-0.2, 0) is 0 Å². The average molecular weight is 526 g/mol. The summed E-state index contributed by atoms with van der Waals surface area (Å²) in [6.07, 6.45) is 0. The molecule has 0 spiro atoms. The molecule has 7 aromatic rings. The summed E-state index contributed by atoms with van der Waals surface area (Å²) in [6.45, 7) is 0. The number of hydrogen-bond acceptors (Lipinski definition) is 5. The molecule has 0 saturated heterocycles. The van der Waals surface area contributed by atoms with Crippen LogP contribution in [0.25, 0.3) is 56.2 Å². The molecule has 8 rings (SSSR count). The fraction of sp³-hybridized carbons (Fsp3) is 0. The minimum Gasteiger partial charge on any atom is -0.293 e. The normalized spacial score (nSPS) is 11.9. The van der Waals surface area contributed by atoms with Gasteiger partial charge in [0.05, 0.1) is 33.7 Å². The van der Waals surface area contributed by atoms with Crippen LogP contribution in [0.1, 0.15) is 0 Å². The van der Waals surface area contributed by atoms with Crippen molar-refractivity contribution in [2.75, 3.05) is 4.90 Å². The first-order chi connectivity index (χ1) is 20.3. The summed E-state index contributed by atoms with van der Waals surface area (Å²) in [7, 11) is 0. The monoisotopic (exact) mass is 525 g/mol.